The molecule has 38 heavy (non-hydrogen) atoms. The average molecular weight is 551 g/mol. The van der Waals surface area contributed by atoms with Gasteiger partial charge in [-0.05, 0) is 77.2 Å². The summed E-state index contributed by atoms with van der Waals surface area (Å²) in [5.74, 6) is -0.299. The standard InChI is InChI=1S/C27H42N4O6S/c1-27(2,3)37-26(34)29-21-14-12-20(13-15-21)18-28-24(32)23-11-8-16-31(23)25(33)22(30-38(4,35)36)17-19-9-6-5-7-10-19/h5-7,9-10,20-23,30H,8,11-18H2,1-4H3,(H,28,32)(H,29,34). The lowest BCUT2D eigenvalue weighted by Crippen LogP contribution is -2.54. The minimum Gasteiger partial charge on any atom is -0.444 e. The molecule has 3 N–H and O–H groups in total. The van der Waals surface area contributed by atoms with Gasteiger partial charge in [-0.15, -0.1) is 0 Å². The number of nitrogens with zero attached hydrogens (tertiary/aromatic N) is 1. The molecular weight excluding hydrogens is 508 g/mol. The number of hydrogen-bond acceptors (Lipinski definition) is 6. The predicted octanol–water partition coefficient (Wildman–Crippen LogP) is 2.34. The summed E-state index contributed by atoms with van der Waals surface area (Å²) >= 11 is 0. The summed E-state index contributed by atoms with van der Waals surface area (Å²) in [7, 11) is -3.63. The van der Waals surface area contributed by atoms with Gasteiger partial charge in [0.1, 0.15) is 17.7 Å². The fraction of sp³-hybridized carbons (Fsp3) is 0.667. The van der Waals surface area contributed by atoms with Crippen molar-refractivity contribution in [1.82, 2.24) is 20.3 Å². The Kier molecular flexibility index (Phi) is 10.2. The van der Waals surface area contributed by atoms with Gasteiger partial charge in [0.25, 0.3) is 0 Å². The fourth-order valence-corrected chi connectivity index (χ4v) is 5.84. The summed E-state index contributed by atoms with van der Waals surface area (Å²) in [4.78, 5) is 40.1. The summed E-state index contributed by atoms with van der Waals surface area (Å²) in [6, 6.07) is 7.68. The zero-order valence-corrected chi connectivity index (χ0v) is 23.7. The molecule has 1 aliphatic carbocycles. The van der Waals surface area contributed by atoms with Crippen molar-refractivity contribution < 1.29 is 27.5 Å². The van der Waals surface area contributed by atoms with E-state index in [1.807, 2.05) is 51.1 Å². The molecule has 2 aliphatic rings. The molecule has 1 heterocycles. The maximum Gasteiger partial charge on any atom is 0.407 e. The first-order chi connectivity index (χ1) is 17.8. The number of benzene rings is 1. The predicted molar refractivity (Wildman–Crippen MR) is 145 cm³/mol. The molecule has 0 aromatic heterocycles. The van der Waals surface area contributed by atoms with Crippen LogP contribution in [0.5, 0.6) is 0 Å². The third-order valence-corrected chi connectivity index (χ3v) is 7.62. The van der Waals surface area contributed by atoms with Gasteiger partial charge in [0.05, 0.1) is 6.26 Å². The van der Waals surface area contributed by atoms with Gasteiger partial charge < -0.3 is 20.3 Å². The van der Waals surface area contributed by atoms with Crippen LogP contribution in [0.25, 0.3) is 0 Å². The Morgan fingerprint density at radius 1 is 1.05 bits per heavy atom. The van der Waals surface area contributed by atoms with E-state index in [-0.39, 0.29) is 24.3 Å². The molecule has 10 nitrogen and oxygen atoms in total. The Morgan fingerprint density at radius 2 is 1.71 bits per heavy atom. The number of hydrogen-bond donors (Lipinski definition) is 3. The Morgan fingerprint density at radius 3 is 2.32 bits per heavy atom. The Hall–Kier alpha value is -2.66. The molecule has 3 rings (SSSR count). The molecule has 2 atom stereocenters. The number of amides is 3. The highest BCUT2D eigenvalue weighted by molar-refractivity contribution is 7.88. The van der Waals surface area contributed by atoms with Crippen LogP contribution in [-0.4, -0.2) is 74.3 Å². The van der Waals surface area contributed by atoms with Crippen molar-refractivity contribution in [3.63, 3.8) is 0 Å². The van der Waals surface area contributed by atoms with Gasteiger partial charge in [0, 0.05) is 19.1 Å². The van der Waals surface area contributed by atoms with Gasteiger partial charge in [-0.25, -0.2) is 17.9 Å². The smallest absolute Gasteiger partial charge is 0.407 e. The van der Waals surface area contributed by atoms with Gasteiger partial charge in [0.15, 0.2) is 0 Å². The fourth-order valence-electron chi connectivity index (χ4n) is 5.14. The summed E-state index contributed by atoms with van der Waals surface area (Å²) < 4.78 is 31.8. The minimum absolute atomic E-state index is 0.0589. The van der Waals surface area contributed by atoms with Crippen LogP contribution in [0.2, 0.25) is 0 Å². The molecule has 212 valence electrons. The molecule has 3 amide bonds. The van der Waals surface area contributed by atoms with E-state index in [9.17, 15) is 22.8 Å². The maximum atomic E-state index is 13.4. The van der Waals surface area contributed by atoms with E-state index in [0.29, 0.717) is 31.8 Å². The van der Waals surface area contributed by atoms with Gasteiger partial charge in [-0.2, -0.15) is 0 Å². The van der Waals surface area contributed by atoms with Crippen molar-refractivity contribution in [2.45, 2.75) is 89.4 Å². The van der Waals surface area contributed by atoms with Gasteiger partial charge in [-0.1, -0.05) is 30.3 Å². The number of sulfonamides is 1. The van der Waals surface area contributed by atoms with Crippen LogP contribution in [0.4, 0.5) is 4.79 Å². The zero-order valence-electron chi connectivity index (χ0n) is 22.9. The van der Waals surface area contributed by atoms with Crippen molar-refractivity contribution in [2.24, 2.45) is 5.92 Å². The zero-order chi connectivity index (χ0) is 27.9. The highest BCUT2D eigenvalue weighted by Crippen LogP contribution is 2.25. The largest absolute Gasteiger partial charge is 0.444 e. The highest BCUT2D eigenvalue weighted by atomic mass is 32.2. The van der Waals surface area contributed by atoms with E-state index in [1.54, 1.807) is 0 Å². The maximum absolute atomic E-state index is 13.4. The summed E-state index contributed by atoms with van der Waals surface area (Å²) in [5, 5.41) is 5.95. The molecule has 1 aromatic rings. The van der Waals surface area contributed by atoms with Crippen LogP contribution in [0.15, 0.2) is 30.3 Å². The number of carbonyl (C=O) groups is 3. The molecule has 1 aliphatic heterocycles. The van der Waals surface area contributed by atoms with Crippen molar-refractivity contribution in [1.29, 1.82) is 0 Å². The SMILES string of the molecule is CC(C)(C)OC(=O)NC1CCC(CNC(=O)C2CCCN2C(=O)C(Cc2ccccc2)NS(C)(=O)=O)CC1. The van der Waals surface area contributed by atoms with E-state index >= 15 is 0 Å². The van der Waals surface area contributed by atoms with Crippen molar-refractivity contribution >= 4 is 27.9 Å². The molecule has 1 saturated carbocycles. The number of carbonyl (C=O) groups excluding carboxylic acids is 3. The van der Waals surface area contributed by atoms with Crippen LogP contribution in [0, 0.1) is 5.92 Å². The summed E-state index contributed by atoms with van der Waals surface area (Å²) in [6.07, 6.45) is 5.41. The number of alkyl carbamates (subject to hydrolysis) is 1. The molecular formula is C27H42N4O6S. The van der Waals surface area contributed by atoms with E-state index in [4.69, 9.17) is 4.74 Å². The molecule has 2 fully saturated rings. The topological polar surface area (TPSA) is 134 Å². The van der Waals surface area contributed by atoms with Gasteiger partial charge in [0.2, 0.25) is 21.8 Å². The van der Waals surface area contributed by atoms with Crippen LogP contribution in [0.1, 0.15) is 64.9 Å². The quantitative estimate of drug-likeness (QED) is 0.432. The van der Waals surface area contributed by atoms with E-state index in [2.05, 4.69) is 15.4 Å². The molecule has 11 heteroatoms. The number of ether oxygens (including phenoxy) is 1. The van der Waals surface area contributed by atoms with Crippen LogP contribution in [-0.2, 0) is 30.8 Å². The summed E-state index contributed by atoms with van der Waals surface area (Å²) in [6.45, 7) is 6.41. The summed E-state index contributed by atoms with van der Waals surface area (Å²) in [5.41, 5.74) is 0.294. The molecule has 0 bridgehead atoms. The second-order valence-corrected chi connectivity index (χ2v) is 13.2. The third kappa shape index (κ3) is 9.58. The van der Waals surface area contributed by atoms with Crippen LogP contribution >= 0.6 is 0 Å². The average Bonchev–Trinajstić information content (AvgIpc) is 3.31. The van der Waals surface area contributed by atoms with E-state index in [0.717, 1.165) is 37.5 Å². The van der Waals surface area contributed by atoms with Gasteiger partial charge in [-0.3, -0.25) is 9.59 Å². The number of nitrogens with one attached hydrogen (secondary N) is 3. The minimum atomic E-state index is -3.63. The Bertz CT molecular complexity index is 1060. The first kappa shape index (κ1) is 29.9. The second kappa shape index (κ2) is 12.9. The van der Waals surface area contributed by atoms with Crippen molar-refractivity contribution in [3.05, 3.63) is 35.9 Å². The normalized spacial score (nSPS) is 22.9. The Balaban J connectivity index is 1.51. The van der Waals surface area contributed by atoms with E-state index in [1.165, 1.54) is 4.90 Å². The first-order valence-electron chi connectivity index (χ1n) is 13.4. The first-order valence-corrected chi connectivity index (χ1v) is 15.3. The van der Waals surface area contributed by atoms with Crippen LogP contribution < -0.4 is 15.4 Å². The van der Waals surface area contributed by atoms with E-state index < -0.39 is 33.8 Å². The molecule has 0 spiro atoms. The second-order valence-electron chi connectivity index (χ2n) is 11.4. The molecule has 1 saturated heterocycles. The number of likely N-dealkylation sites (tertiary alicyclic amines) is 1. The third-order valence-electron chi connectivity index (χ3n) is 6.91. The molecule has 0 radical (unpaired) electrons. The highest BCUT2D eigenvalue weighted by Gasteiger charge is 2.38. The molecule has 2 unspecified atom stereocenters. The van der Waals surface area contributed by atoms with Crippen LogP contribution in [0.3, 0.4) is 0 Å². The lowest BCUT2D eigenvalue weighted by molar-refractivity contribution is -0.139. The van der Waals surface area contributed by atoms with Crippen molar-refractivity contribution in [2.75, 3.05) is 19.3 Å². The monoisotopic (exact) mass is 550 g/mol. The van der Waals surface area contributed by atoms with Crippen molar-refractivity contribution in [3.8, 4) is 0 Å². The Labute approximate surface area is 226 Å². The number of rotatable bonds is 9. The molecule has 1 aromatic carbocycles. The lowest BCUT2D eigenvalue weighted by atomic mass is 9.86. The van der Waals surface area contributed by atoms with Gasteiger partial charge >= 0.3 is 6.09 Å². The lowest BCUT2D eigenvalue weighted by Gasteiger charge is -2.31.